The van der Waals surface area contributed by atoms with Crippen molar-refractivity contribution in [3.05, 3.63) is 12.0 Å². The van der Waals surface area contributed by atoms with Crippen molar-refractivity contribution in [2.45, 2.75) is 93.0 Å². The second-order valence-electron chi connectivity index (χ2n) is 9.38. The fraction of sp³-hybridized carbons (Fsp3) is 0.792. The molecule has 176 valence electrons. The highest BCUT2D eigenvalue weighted by atomic mass is 16.7. The van der Waals surface area contributed by atoms with E-state index in [1.54, 1.807) is 0 Å². The van der Waals surface area contributed by atoms with Gasteiger partial charge in [-0.05, 0) is 31.1 Å². The van der Waals surface area contributed by atoms with E-state index in [4.69, 9.17) is 18.9 Å². The van der Waals surface area contributed by atoms with Crippen LogP contribution in [0.2, 0.25) is 0 Å². The molecule has 0 radical (unpaired) electrons. The molecule has 0 saturated heterocycles. The Bertz CT molecular complexity index is 690. The molecule has 1 spiro atoms. The molecule has 7 nitrogen and oxygen atoms in total. The highest BCUT2D eigenvalue weighted by Gasteiger charge is 2.69. The zero-order valence-electron chi connectivity index (χ0n) is 19.9. The number of esters is 3. The van der Waals surface area contributed by atoms with E-state index in [1.165, 1.54) is 13.2 Å². The van der Waals surface area contributed by atoms with Gasteiger partial charge < -0.3 is 18.9 Å². The van der Waals surface area contributed by atoms with Crippen LogP contribution in [0.15, 0.2) is 12.0 Å². The molecule has 1 aliphatic heterocycles. The van der Waals surface area contributed by atoms with E-state index in [9.17, 15) is 14.4 Å². The Labute approximate surface area is 185 Å². The molecule has 0 amide bonds. The van der Waals surface area contributed by atoms with Crippen molar-refractivity contribution in [1.82, 2.24) is 0 Å². The van der Waals surface area contributed by atoms with E-state index in [-0.39, 0.29) is 53.1 Å². The molecule has 2 fully saturated rings. The minimum Gasteiger partial charge on any atom is -0.462 e. The van der Waals surface area contributed by atoms with Gasteiger partial charge in [0.25, 0.3) is 0 Å². The first-order chi connectivity index (χ1) is 14.6. The average Bonchev–Trinajstić information content (AvgIpc) is 3.38. The summed E-state index contributed by atoms with van der Waals surface area (Å²) in [5.41, 5.74) is -0.289. The van der Waals surface area contributed by atoms with Crippen LogP contribution in [0.1, 0.15) is 80.6 Å². The Morgan fingerprint density at radius 3 is 2.13 bits per heavy atom. The van der Waals surface area contributed by atoms with E-state index >= 15 is 0 Å². The highest BCUT2D eigenvalue weighted by Crippen LogP contribution is 2.67. The van der Waals surface area contributed by atoms with Gasteiger partial charge in [0.2, 0.25) is 6.29 Å². The van der Waals surface area contributed by atoms with Gasteiger partial charge in [0, 0.05) is 31.1 Å². The van der Waals surface area contributed by atoms with E-state index in [1.807, 2.05) is 41.5 Å². The van der Waals surface area contributed by atoms with Gasteiger partial charge in [-0.1, -0.05) is 41.5 Å². The molecule has 2 saturated carbocycles. The van der Waals surface area contributed by atoms with Crippen LogP contribution in [-0.2, 0) is 33.3 Å². The maximum atomic E-state index is 12.3. The molecule has 3 rings (SSSR count). The number of hydrogen-bond donors (Lipinski definition) is 0. The summed E-state index contributed by atoms with van der Waals surface area (Å²) in [7, 11) is 0. The van der Waals surface area contributed by atoms with E-state index in [0.717, 1.165) is 12.8 Å². The van der Waals surface area contributed by atoms with Crippen molar-refractivity contribution in [1.29, 1.82) is 0 Å². The topological polar surface area (TPSA) is 88.1 Å². The molecule has 0 unspecified atom stereocenters. The predicted molar refractivity (Wildman–Crippen MR) is 114 cm³/mol. The van der Waals surface area contributed by atoms with Gasteiger partial charge in [0.15, 0.2) is 0 Å². The van der Waals surface area contributed by atoms with Crippen molar-refractivity contribution in [2.24, 2.45) is 29.1 Å². The molecule has 31 heavy (non-hydrogen) atoms. The van der Waals surface area contributed by atoms with E-state index < -0.39 is 6.29 Å². The molecule has 7 heteroatoms. The number of hydrogen-bond acceptors (Lipinski definition) is 7. The lowest BCUT2D eigenvalue weighted by Crippen LogP contribution is -2.41. The largest absolute Gasteiger partial charge is 0.462 e. The summed E-state index contributed by atoms with van der Waals surface area (Å²) in [5, 5.41) is 0. The van der Waals surface area contributed by atoms with Crippen molar-refractivity contribution >= 4 is 17.9 Å². The quantitative estimate of drug-likeness (QED) is 0.419. The van der Waals surface area contributed by atoms with Gasteiger partial charge >= 0.3 is 17.9 Å². The number of carbonyl (C=O) groups is 3. The highest BCUT2D eigenvalue weighted by molar-refractivity contribution is 5.71. The third-order valence-electron chi connectivity index (χ3n) is 5.95. The monoisotopic (exact) mass is 438 g/mol. The first-order valence-electron chi connectivity index (χ1n) is 11.5. The third kappa shape index (κ3) is 6.01. The third-order valence-corrected chi connectivity index (χ3v) is 5.95. The normalized spacial score (nSPS) is 27.5. The minimum atomic E-state index is -0.762. The molecular weight excluding hydrogens is 400 g/mol. The van der Waals surface area contributed by atoms with Crippen LogP contribution in [0, 0.1) is 29.1 Å². The van der Waals surface area contributed by atoms with Gasteiger partial charge in [-0.15, -0.1) is 0 Å². The van der Waals surface area contributed by atoms with Gasteiger partial charge in [-0.25, -0.2) is 0 Å². The second kappa shape index (κ2) is 10.5. The van der Waals surface area contributed by atoms with Crippen molar-refractivity contribution < 1.29 is 33.3 Å². The summed E-state index contributed by atoms with van der Waals surface area (Å²) < 4.78 is 22.7. The van der Waals surface area contributed by atoms with Crippen LogP contribution >= 0.6 is 0 Å². The Balaban J connectivity index is 0.00000166. The molecule has 0 aromatic rings. The van der Waals surface area contributed by atoms with E-state index in [0.29, 0.717) is 25.0 Å². The number of ether oxygens (including phenoxy) is 4. The molecule has 3 aliphatic rings. The smallest absolute Gasteiger partial charge is 0.311 e. The van der Waals surface area contributed by atoms with Gasteiger partial charge in [0.05, 0.1) is 5.92 Å². The van der Waals surface area contributed by atoms with Gasteiger partial charge in [-0.3, -0.25) is 14.4 Å². The molecule has 2 aliphatic carbocycles. The molecule has 0 N–H and O–H groups in total. The molecule has 0 aromatic carbocycles. The predicted octanol–water partition coefficient (Wildman–Crippen LogP) is 4.74. The van der Waals surface area contributed by atoms with Crippen molar-refractivity contribution in [3.8, 4) is 0 Å². The van der Waals surface area contributed by atoms with Crippen LogP contribution in [0.25, 0.3) is 0 Å². The Kier molecular flexibility index (Phi) is 8.55. The van der Waals surface area contributed by atoms with Crippen LogP contribution in [0.3, 0.4) is 0 Å². The van der Waals surface area contributed by atoms with Crippen LogP contribution < -0.4 is 0 Å². The summed E-state index contributed by atoms with van der Waals surface area (Å²) in [4.78, 5) is 36.2. The van der Waals surface area contributed by atoms with Gasteiger partial charge in [0.1, 0.15) is 18.1 Å². The zero-order chi connectivity index (χ0) is 23.3. The zero-order valence-corrected chi connectivity index (χ0v) is 19.9. The summed E-state index contributed by atoms with van der Waals surface area (Å²) >= 11 is 0. The average molecular weight is 439 g/mol. The summed E-state index contributed by atoms with van der Waals surface area (Å²) in [6, 6.07) is 0. The lowest BCUT2D eigenvalue weighted by Gasteiger charge is -2.36. The first-order valence-corrected chi connectivity index (χ1v) is 11.5. The lowest BCUT2D eigenvalue weighted by atomic mass is 9.83. The van der Waals surface area contributed by atoms with Gasteiger partial charge in [-0.2, -0.15) is 0 Å². The number of rotatable bonds is 7. The Morgan fingerprint density at radius 2 is 1.61 bits per heavy atom. The fourth-order valence-electron chi connectivity index (χ4n) is 4.67. The van der Waals surface area contributed by atoms with Crippen molar-refractivity contribution in [3.63, 3.8) is 0 Å². The van der Waals surface area contributed by atoms with Crippen LogP contribution in [-0.4, -0.2) is 30.3 Å². The van der Waals surface area contributed by atoms with E-state index in [2.05, 4.69) is 0 Å². The number of allylic oxidation sites excluding steroid dienone is 1. The summed E-state index contributed by atoms with van der Waals surface area (Å²) in [6.45, 7) is 13.2. The maximum Gasteiger partial charge on any atom is 0.311 e. The molecular formula is C24H38O7. The second-order valence-corrected chi connectivity index (χ2v) is 9.38. The lowest BCUT2D eigenvalue weighted by molar-refractivity contribution is -0.196. The van der Waals surface area contributed by atoms with Crippen LogP contribution in [0.4, 0.5) is 0 Å². The standard InChI is InChI=1S/C22H32O7.C2H6/c1-12(2)8-18(24)28-16-11-26-21(29-19(25)9-13(3)4)20-15(16)10-17(27-14(5)23)22(20)6-7-22;1-2/h11-13,15,17,20-21H,6-10H2,1-5H3;1-2H3/t15-,17+,20-,21+;/m1./s1. The Morgan fingerprint density at radius 1 is 1.03 bits per heavy atom. The maximum absolute atomic E-state index is 12.3. The summed E-state index contributed by atoms with van der Waals surface area (Å²) in [6.07, 6.45) is 3.21. The Hall–Kier alpha value is -2.05. The fourth-order valence-corrected chi connectivity index (χ4v) is 4.67. The van der Waals surface area contributed by atoms with Crippen molar-refractivity contribution in [2.75, 3.05) is 0 Å². The molecule has 0 bridgehead atoms. The number of fused-ring (bicyclic) bond motifs is 2. The number of carbonyl (C=O) groups excluding carboxylic acids is 3. The SMILES string of the molecule is CC.CC(=O)O[C@H]1C[C@@H]2C(OC(=O)CC(C)C)=CO[C@@H](OC(=O)CC(C)C)[C@@H]2C12CC2. The molecule has 1 heterocycles. The minimum absolute atomic E-state index is 0.178. The summed E-state index contributed by atoms with van der Waals surface area (Å²) in [5.74, 6) is -0.557. The molecule has 0 aromatic heterocycles. The van der Waals surface area contributed by atoms with Crippen LogP contribution in [0.5, 0.6) is 0 Å². The molecule has 4 atom stereocenters. The first kappa shape index (κ1) is 25.2.